The third-order valence-corrected chi connectivity index (χ3v) is 2.67. The second-order valence-electron chi connectivity index (χ2n) is 4.46. The molecule has 1 aliphatic heterocycles. The number of hydrogen-bond acceptors (Lipinski definition) is 4. The lowest BCUT2D eigenvalue weighted by atomic mass is 10.1. The van der Waals surface area contributed by atoms with Crippen LogP contribution in [0.15, 0.2) is 48.2 Å². The zero-order chi connectivity index (χ0) is 12.4. The van der Waals surface area contributed by atoms with E-state index in [4.69, 9.17) is 10.6 Å². The van der Waals surface area contributed by atoms with Crippen molar-refractivity contribution in [2.24, 2.45) is 5.84 Å². The van der Waals surface area contributed by atoms with Gasteiger partial charge in [-0.25, -0.2) is 0 Å². The highest BCUT2D eigenvalue weighted by atomic mass is 16.5. The third-order valence-electron chi connectivity index (χ3n) is 2.67. The molecule has 2 rings (SSSR count). The number of allylic oxidation sites excluding steroid dienone is 2. The quantitative estimate of drug-likeness (QED) is 0.561. The molecule has 0 radical (unpaired) electrons. The Morgan fingerprint density at radius 2 is 2.29 bits per heavy atom. The predicted octanol–water partition coefficient (Wildman–Crippen LogP) is 1.76. The van der Waals surface area contributed by atoms with Gasteiger partial charge in [-0.15, -0.1) is 0 Å². The van der Waals surface area contributed by atoms with Crippen LogP contribution in [0.25, 0.3) is 0 Å². The standard InChI is InChI=1S/C13H19N3O/c1-9(2)16-10(3)6-11(8-15-14)7-13(16)17-12-4-5-12/h6-7,12,15H,1,3-5,8,14H2,2H3. The van der Waals surface area contributed by atoms with Crippen LogP contribution in [0.4, 0.5) is 0 Å². The fourth-order valence-corrected chi connectivity index (χ4v) is 1.78. The van der Waals surface area contributed by atoms with E-state index < -0.39 is 0 Å². The van der Waals surface area contributed by atoms with E-state index in [9.17, 15) is 0 Å². The van der Waals surface area contributed by atoms with Crippen LogP contribution >= 0.6 is 0 Å². The largest absolute Gasteiger partial charge is 0.475 e. The summed E-state index contributed by atoms with van der Waals surface area (Å²) < 4.78 is 5.88. The Hall–Kier alpha value is -1.52. The van der Waals surface area contributed by atoms with E-state index in [1.807, 2.05) is 24.0 Å². The van der Waals surface area contributed by atoms with E-state index in [1.165, 1.54) is 0 Å². The molecule has 4 nitrogen and oxygen atoms in total. The number of ether oxygens (including phenoxy) is 1. The fraction of sp³-hybridized carbons (Fsp3) is 0.385. The van der Waals surface area contributed by atoms with Crippen LogP contribution in [0, 0.1) is 0 Å². The second kappa shape index (κ2) is 4.77. The van der Waals surface area contributed by atoms with Gasteiger partial charge in [0.1, 0.15) is 6.10 Å². The summed E-state index contributed by atoms with van der Waals surface area (Å²) in [5.41, 5.74) is 5.46. The lowest BCUT2D eigenvalue weighted by Gasteiger charge is -2.31. The van der Waals surface area contributed by atoms with Gasteiger partial charge in [0, 0.05) is 24.0 Å². The van der Waals surface area contributed by atoms with Crippen molar-refractivity contribution in [1.82, 2.24) is 10.3 Å². The van der Waals surface area contributed by atoms with Crippen LogP contribution in [0.5, 0.6) is 0 Å². The summed E-state index contributed by atoms with van der Waals surface area (Å²) >= 11 is 0. The van der Waals surface area contributed by atoms with E-state index in [0.29, 0.717) is 12.6 Å². The molecule has 0 atom stereocenters. The molecule has 0 aromatic carbocycles. The Bertz CT molecular complexity index is 405. The first-order valence-corrected chi connectivity index (χ1v) is 5.78. The molecule has 0 amide bonds. The highest BCUT2D eigenvalue weighted by molar-refractivity contribution is 5.39. The van der Waals surface area contributed by atoms with Crippen molar-refractivity contribution in [3.8, 4) is 0 Å². The maximum atomic E-state index is 5.88. The molecule has 0 aromatic heterocycles. The van der Waals surface area contributed by atoms with Gasteiger partial charge in [0.25, 0.3) is 0 Å². The number of nitrogens with one attached hydrogen (secondary N) is 1. The summed E-state index contributed by atoms with van der Waals surface area (Å²) in [6, 6.07) is 0. The van der Waals surface area contributed by atoms with Crippen LogP contribution < -0.4 is 11.3 Å². The van der Waals surface area contributed by atoms with E-state index in [-0.39, 0.29) is 0 Å². The number of rotatable bonds is 5. The van der Waals surface area contributed by atoms with Gasteiger partial charge in [0.05, 0.1) is 0 Å². The normalized spacial score (nSPS) is 19.9. The van der Waals surface area contributed by atoms with Crippen molar-refractivity contribution < 1.29 is 4.74 Å². The molecular weight excluding hydrogens is 214 g/mol. The monoisotopic (exact) mass is 233 g/mol. The van der Waals surface area contributed by atoms with Gasteiger partial charge in [0.2, 0.25) is 0 Å². The number of hydrazine groups is 1. The van der Waals surface area contributed by atoms with Crippen LogP contribution in [0.3, 0.4) is 0 Å². The Morgan fingerprint density at radius 1 is 1.59 bits per heavy atom. The van der Waals surface area contributed by atoms with Crippen molar-refractivity contribution in [1.29, 1.82) is 0 Å². The molecule has 3 N–H and O–H groups in total. The summed E-state index contributed by atoms with van der Waals surface area (Å²) in [7, 11) is 0. The van der Waals surface area contributed by atoms with Crippen molar-refractivity contribution in [3.63, 3.8) is 0 Å². The molecule has 1 heterocycles. The number of hydrogen-bond donors (Lipinski definition) is 2. The van der Waals surface area contributed by atoms with Gasteiger partial charge in [-0.2, -0.15) is 0 Å². The second-order valence-corrected chi connectivity index (χ2v) is 4.46. The molecule has 0 saturated heterocycles. The molecule has 1 saturated carbocycles. The summed E-state index contributed by atoms with van der Waals surface area (Å²) in [4.78, 5) is 1.93. The molecule has 2 aliphatic rings. The maximum Gasteiger partial charge on any atom is 0.198 e. The minimum absolute atomic E-state index is 0.348. The third kappa shape index (κ3) is 2.78. The Kier molecular flexibility index (Phi) is 3.36. The molecule has 0 spiro atoms. The Morgan fingerprint density at radius 3 is 2.82 bits per heavy atom. The van der Waals surface area contributed by atoms with Gasteiger partial charge >= 0.3 is 0 Å². The SMILES string of the molecule is C=C(C)N1C(=C)C=C(CNN)C=C1OC1CC1. The van der Waals surface area contributed by atoms with Crippen molar-refractivity contribution in [2.45, 2.75) is 25.9 Å². The summed E-state index contributed by atoms with van der Waals surface area (Å²) in [6.45, 7) is 10.5. The average molecular weight is 233 g/mol. The Labute approximate surface area is 102 Å². The minimum Gasteiger partial charge on any atom is -0.475 e. The van der Waals surface area contributed by atoms with Gasteiger partial charge in [0.15, 0.2) is 5.88 Å². The van der Waals surface area contributed by atoms with Crippen LogP contribution in [0.1, 0.15) is 19.8 Å². The molecular formula is C13H19N3O. The fourth-order valence-electron chi connectivity index (χ4n) is 1.78. The first-order valence-electron chi connectivity index (χ1n) is 5.78. The average Bonchev–Trinajstić information content (AvgIpc) is 3.00. The first-order chi connectivity index (χ1) is 8.11. The summed E-state index contributed by atoms with van der Waals surface area (Å²) in [6.07, 6.45) is 6.57. The van der Waals surface area contributed by atoms with Crippen LogP contribution in [-0.4, -0.2) is 17.5 Å². The van der Waals surface area contributed by atoms with E-state index in [1.54, 1.807) is 0 Å². The molecule has 17 heavy (non-hydrogen) atoms. The number of nitrogens with two attached hydrogens (primary N) is 1. The molecule has 92 valence electrons. The highest BCUT2D eigenvalue weighted by Gasteiger charge is 2.28. The minimum atomic E-state index is 0.348. The van der Waals surface area contributed by atoms with Gasteiger partial charge in [-0.1, -0.05) is 13.2 Å². The molecule has 4 heteroatoms. The zero-order valence-corrected chi connectivity index (χ0v) is 10.2. The highest BCUT2D eigenvalue weighted by Crippen LogP contribution is 2.33. The predicted molar refractivity (Wildman–Crippen MR) is 68.3 cm³/mol. The van der Waals surface area contributed by atoms with E-state index in [0.717, 1.165) is 35.7 Å². The molecule has 1 aliphatic carbocycles. The number of nitrogens with zero attached hydrogens (tertiary/aromatic N) is 1. The van der Waals surface area contributed by atoms with Gasteiger partial charge < -0.3 is 4.74 Å². The maximum absolute atomic E-state index is 5.88. The lowest BCUT2D eigenvalue weighted by molar-refractivity contribution is 0.134. The lowest BCUT2D eigenvalue weighted by Crippen LogP contribution is -2.28. The summed E-state index contributed by atoms with van der Waals surface area (Å²) in [5.74, 6) is 6.14. The van der Waals surface area contributed by atoms with E-state index in [2.05, 4.69) is 18.6 Å². The van der Waals surface area contributed by atoms with Crippen molar-refractivity contribution in [3.05, 3.63) is 48.2 Å². The van der Waals surface area contributed by atoms with Crippen LogP contribution in [-0.2, 0) is 4.74 Å². The summed E-state index contributed by atoms with van der Waals surface area (Å²) in [5, 5.41) is 0. The van der Waals surface area contributed by atoms with E-state index >= 15 is 0 Å². The smallest absolute Gasteiger partial charge is 0.198 e. The molecule has 0 aromatic rings. The van der Waals surface area contributed by atoms with Crippen molar-refractivity contribution >= 4 is 0 Å². The zero-order valence-electron chi connectivity index (χ0n) is 10.2. The van der Waals surface area contributed by atoms with Gasteiger partial charge in [-0.3, -0.25) is 16.2 Å². The van der Waals surface area contributed by atoms with Gasteiger partial charge in [-0.05, 0) is 31.4 Å². The topological polar surface area (TPSA) is 50.5 Å². The molecule has 0 unspecified atom stereocenters. The first kappa shape index (κ1) is 12.0. The van der Waals surface area contributed by atoms with Crippen molar-refractivity contribution in [2.75, 3.05) is 6.54 Å². The van der Waals surface area contributed by atoms with Crippen LogP contribution in [0.2, 0.25) is 0 Å². The molecule has 0 bridgehead atoms. The molecule has 1 fully saturated rings. The Balaban J connectivity index is 2.21.